The summed E-state index contributed by atoms with van der Waals surface area (Å²) in [6, 6.07) is 18.4. The number of anilines is 1. The molecule has 0 spiro atoms. The molecule has 1 aliphatic carbocycles. The Bertz CT molecular complexity index is 1440. The lowest BCUT2D eigenvalue weighted by atomic mass is 9.74. The number of fused-ring (bicyclic) bond motifs is 1. The number of hydrogen-bond acceptors (Lipinski definition) is 5. The number of benzene rings is 3. The Labute approximate surface area is 217 Å². The van der Waals surface area contributed by atoms with E-state index in [9.17, 15) is 9.59 Å². The van der Waals surface area contributed by atoms with Gasteiger partial charge in [0, 0.05) is 24.2 Å². The number of hydrogen-bond donors (Lipinski definition) is 0. The number of rotatable bonds is 3. The summed E-state index contributed by atoms with van der Waals surface area (Å²) in [6.45, 7) is 8.62. The first-order valence-corrected chi connectivity index (χ1v) is 12.9. The highest BCUT2D eigenvalue weighted by atomic mass is 16.7. The maximum atomic E-state index is 13.6. The fourth-order valence-corrected chi connectivity index (χ4v) is 6.45. The Balaban J connectivity index is 1.49. The van der Waals surface area contributed by atoms with Gasteiger partial charge in [0.1, 0.15) is 0 Å². The van der Waals surface area contributed by atoms with Crippen molar-refractivity contribution in [1.29, 1.82) is 0 Å². The van der Waals surface area contributed by atoms with Gasteiger partial charge in [0.15, 0.2) is 23.1 Å². The lowest BCUT2D eigenvalue weighted by Gasteiger charge is -2.43. The molecule has 0 aromatic heterocycles. The van der Waals surface area contributed by atoms with E-state index in [1.165, 1.54) is 22.3 Å². The Hall–Kier alpha value is -3.86. The predicted octanol–water partition coefficient (Wildman–Crippen LogP) is 6.57. The van der Waals surface area contributed by atoms with Crippen LogP contribution in [0.25, 0.3) is 0 Å². The Morgan fingerprint density at radius 1 is 0.730 bits per heavy atom. The summed E-state index contributed by atoms with van der Waals surface area (Å²) in [7, 11) is 0. The van der Waals surface area contributed by atoms with Crippen LogP contribution in [-0.4, -0.2) is 18.4 Å². The highest BCUT2D eigenvalue weighted by Gasteiger charge is 2.43. The molecule has 0 saturated carbocycles. The topological polar surface area (TPSA) is 55.8 Å². The number of carbonyl (C=O) groups excluding carboxylic acids is 2. The van der Waals surface area contributed by atoms with E-state index in [1.807, 2.05) is 18.2 Å². The van der Waals surface area contributed by atoms with Crippen molar-refractivity contribution in [3.8, 4) is 11.5 Å². The molecule has 0 fully saturated rings. The maximum absolute atomic E-state index is 13.6. The number of ketones is 2. The lowest BCUT2D eigenvalue weighted by Crippen LogP contribution is -2.41. The van der Waals surface area contributed by atoms with Gasteiger partial charge in [0.25, 0.3) is 0 Å². The molecule has 3 aromatic carbocycles. The summed E-state index contributed by atoms with van der Waals surface area (Å²) in [5, 5.41) is 0. The van der Waals surface area contributed by atoms with E-state index in [4.69, 9.17) is 9.47 Å². The number of Topliss-reactive ketones (excluding diaryl/α,β-unsaturated/α-hetero) is 2. The third-order valence-electron chi connectivity index (χ3n) is 7.94. The Morgan fingerprint density at radius 3 is 2.14 bits per heavy atom. The Kier molecular flexibility index (Phi) is 5.67. The molecule has 0 saturated heterocycles. The normalized spacial score (nSPS) is 20.9. The monoisotopic (exact) mass is 493 g/mol. The standard InChI is InChI=1S/C32H31NO4/c1-18-5-8-24(9-6-18)33-25(22-7-10-29-30(15-22)37-17-36-29)16-28(35)32-26(33)13-23(14-27(32)34)31-20(3)11-19(2)12-21(31)4/h5-12,15,23,25H,13-14,16-17H2,1-4H3. The van der Waals surface area contributed by atoms with Crippen molar-refractivity contribution in [2.45, 2.75) is 58.9 Å². The third-order valence-corrected chi connectivity index (χ3v) is 7.94. The first-order valence-electron chi connectivity index (χ1n) is 12.9. The molecule has 2 atom stereocenters. The van der Waals surface area contributed by atoms with Crippen molar-refractivity contribution in [1.82, 2.24) is 0 Å². The maximum Gasteiger partial charge on any atom is 0.231 e. The van der Waals surface area contributed by atoms with Crippen molar-refractivity contribution >= 4 is 17.3 Å². The molecule has 0 N–H and O–H groups in total. The van der Waals surface area contributed by atoms with E-state index in [0.29, 0.717) is 29.9 Å². The third kappa shape index (κ3) is 4.03. The number of aryl methyl sites for hydroxylation is 4. The van der Waals surface area contributed by atoms with Gasteiger partial charge < -0.3 is 14.4 Å². The van der Waals surface area contributed by atoms with Crippen LogP contribution in [0.5, 0.6) is 11.5 Å². The number of allylic oxidation sites excluding steroid dienone is 2. The SMILES string of the molecule is Cc1ccc(N2C3=C(C(=O)CC(c4c(C)cc(C)cc4C)C3)C(=O)CC2c2ccc3c(c2)OCO3)cc1. The molecule has 5 heteroatoms. The highest BCUT2D eigenvalue weighted by Crippen LogP contribution is 2.48. The van der Waals surface area contributed by atoms with Crippen LogP contribution in [0.15, 0.2) is 65.9 Å². The van der Waals surface area contributed by atoms with Crippen molar-refractivity contribution in [3.05, 3.63) is 99.2 Å². The molecule has 2 unspecified atom stereocenters. The zero-order valence-electron chi connectivity index (χ0n) is 21.8. The van der Waals surface area contributed by atoms with Crippen molar-refractivity contribution in [2.75, 3.05) is 11.7 Å². The molecule has 3 aliphatic rings. The van der Waals surface area contributed by atoms with Crippen molar-refractivity contribution < 1.29 is 19.1 Å². The van der Waals surface area contributed by atoms with Gasteiger partial charge in [-0.15, -0.1) is 0 Å². The van der Waals surface area contributed by atoms with Crippen LogP contribution in [0.2, 0.25) is 0 Å². The average Bonchev–Trinajstić information content (AvgIpc) is 3.32. The second kappa shape index (κ2) is 8.91. The predicted molar refractivity (Wildman–Crippen MR) is 143 cm³/mol. The van der Waals surface area contributed by atoms with Gasteiger partial charge in [-0.25, -0.2) is 0 Å². The highest BCUT2D eigenvalue weighted by molar-refractivity contribution is 6.22. The van der Waals surface area contributed by atoms with Crippen LogP contribution >= 0.6 is 0 Å². The van der Waals surface area contributed by atoms with E-state index in [-0.39, 0.29) is 36.7 Å². The van der Waals surface area contributed by atoms with E-state index in [0.717, 1.165) is 22.5 Å². The second-order valence-electron chi connectivity index (χ2n) is 10.6. The van der Waals surface area contributed by atoms with Gasteiger partial charge >= 0.3 is 0 Å². The fraction of sp³-hybridized carbons (Fsp3) is 0.312. The van der Waals surface area contributed by atoms with Crippen molar-refractivity contribution in [3.63, 3.8) is 0 Å². The van der Waals surface area contributed by atoms with Crippen LogP contribution < -0.4 is 14.4 Å². The minimum Gasteiger partial charge on any atom is -0.454 e. The average molecular weight is 494 g/mol. The largest absolute Gasteiger partial charge is 0.454 e. The van der Waals surface area contributed by atoms with Gasteiger partial charge in [-0.1, -0.05) is 41.5 Å². The molecule has 188 valence electrons. The Morgan fingerprint density at radius 2 is 1.41 bits per heavy atom. The smallest absolute Gasteiger partial charge is 0.231 e. The molecule has 2 heterocycles. The van der Waals surface area contributed by atoms with E-state index < -0.39 is 0 Å². The second-order valence-corrected chi connectivity index (χ2v) is 10.6. The van der Waals surface area contributed by atoms with Crippen LogP contribution in [0.3, 0.4) is 0 Å². The summed E-state index contributed by atoms with van der Waals surface area (Å²) in [4.78, 5) is 29.4. The molecule has 5 nitrogen and oxygen atoms in total. The molecule has 2 aliphatic heterocycles. The van der Waals surface area contributed by atoms with Crippen molar-refractivity contribution in [2.24, 2.45) is 0 Å². The quantitative estimate of drug-likeness (QED) is 0.386. The lowest BCUT2D eigenvalue weighted by molar-refractivity contribution is -0.122. The van der Waals surface area contributed by atoms with Gasteiger partial charge in [0.2, 0.25) is 6.79 Å². The van der Waals surface area contributed by atoms with E-state index >= 15 is 0 Å². The number of ether oxygens (including phenoxy) is 2. The van der Waals surface area contributed by atoms with Crippen LogP contribution in [0.1, 0.15) is 64.6 Å². The summed E-state index contributed by atoms with van der Waals surface area (Å²) in [5.74, 6) is 1.32. The van der Waals surface area contributed by atoms with Gasteiger partial charge in [0.05, 0.1) is 11.6 Å². The summed E-state index contributed by atoms with van der Waals surface area (Å²) in [6.07, 6.45) is 1.25. The minimum absolute atomic E-state index is 0.0307. The molecule has 6 rings (SSSR count). The number of nitrogens with zero attached hydrogens (tertiary/aromatic N) is 1. The first kappa shape index (κ1) is 23.5. The molecule has 0 amide bonds. The van der Waals surface area contributed by atoms with E-state index in [1.54, 1.807) is 0 Å². The van der Waals surface area contributed by atoms with Gasteiger partial charge in [-0.2, -0.15) is 0 Å². The van der Waals surface area contributed by atoms with Crippen LogP contribution in [-0.2, 0) is 9.59 Å². The first-order chi connectivity index (χ1) is 17.8. The summed E-state index contributed by atoms with van der Waals surface area (Å²) >= 11 is 0. The van der Waals surface area contributed by atoms with Gasteiger partial charge in [-0.05, 0) is 86.6 Å². The zero-order valence-corrected chi connectivity index (χ0v) is 21.8. The van der Waals surface area contributed by atoms with Gasteiger partial charge in [-0.3, -0.25) is 9.59 Å². The summed E-state index contributed by atoms with van der Waals surface area (Å²) < 4.78 is 11.2. The van der Waals surface area contributed by atoms with Crippen LogP contribution in [0.4, 0.5) is 5.69 Å². The fourth-order valence-electron chi connectivity index (χ4n) is 6.45. The molecular weight excluding hydrogens is 462 g/mol. The zero-order chi connectivity index (χ0) is 25.8. The number of carbonyl (C=O) groups is 2. The summed E-state index contributed by atoms with van der Waals surface area (Å²) in [5.41, 5.74) is 9.20. The molecule has 37 heavy (non-hydrogen) atoms. The minimum atomic E-state index is -0.241. The van der Waals surface area contributed by atoms with Crippen LogP contribution in [0, 0.1) is 27.7 Å². The molecular formula is C32H31NO4. The van der Waals surface area contributed by atoms with E-state index in [2.05, 4.69) is 69.0 Å². The molecule has 0 bridgehead atoms. The molecule has 0 radical (unpaired) electrons. The molecule has 3 aromatic rings.